The van der Waals surface area contributed by atoms with Crippen molar-refractivity contribution in [2.75, 3.05) is 23.4 Å². The van der Waals surface area contributed by atoms with Crippen LogP contribution in [0.3, 0.4) is 0 Å². The number of nitrogens with two attached hydrogens (primary N) is 2. The molecule has 0 saturated heterocycles. The van der Waals surface area contributed by atoms with Crippen LogP contribution in [0.5, 0.6) is 5.75 Å². The van der Waals surface area contributed by atoms with Gasteiger partial charge >= 0.3 is 0 Å². The summed E-state index contributed by atoms with van der Waals surface area (Å²) in [6.07, 6.45) is 0. The van der Waals surface area contributed by atoms with Crippen LogP contribution < -0.4 is 21.5 Å². The molecule has 0 aliphatic carbocycles. The van der Waals surface area contributed by atoms with Crippen molar-refractivity contribution in [3.63, 3.8) is 0 Å². The van der Waals surface area contributed by atoms with E-state index in [1.807, 2.05) is 0 Å². The van der Waals surface area contributed by atoms with E-state index in [2.05, 4.69) is 15.3 Å². The molecule has 0 fully saturated rings. The number of benzene rings is 1. The van der Waals surface area contributed by atoms with Crippen molar-refractivity contribution in [3.05, 3.63) is 30.1 Å². The lowest BCUT2D eigenvalue weighted by molar-refractivity contribution is 0.321. The van der Waals surface area contributed by atoms with Crippen LogP contribution in [0.1, 0.15) is 6.92 Å². The second-order valence-electron chi connectivity index (χ2n) is 3.74. The SMILES string of the molecule is CCOc1ccc(Nc2cc(N)nc(N)n2)cc1F. The highest BCUT2D eigenvalue weighted by Gasteiger charge is 2.06. The second-order valence-corrected chi connectivity index (χ2v) is 3.74. The van der Waals surface area contributed by atoms with Gasteiger partial charge in [0.1, 0.15) is 11.6 Å². The fourth-order valence-electron chi connectivity index (χ4n) is 1.55. The molecule has 1 heterocycles. The lowest BCUT2D eigenvalue weighted by Crippen LogP contribution is -2.03. The Bertz CT molecular complexity index is 570. The molecule has 2 rings (SSSR count). The first kappa shape index (κ1) is 12.9. The van der Waals surface area contributed by atoms with E-state index >= 15 is 0 Å². The Balaban J connectivity index is 2.21. The van der Waals surface area contributed by atoms with Gasteiger partial charge in [0.05, 0.1) is 6.61 Å². The van der Waals surface area contributed by atoms with Gasteiger partial charge in [0, 0.05) is 17.8 Å². The number of ether oxygens (including phenoxy) is 1. The standard InChI is InChI=1S/C12H14FN5O/c1-2-19-9-4-3-7(5-8(9)13)16-11-6-10(14)17-12(15)18-11/h3-6H,2H2,1H3,(H5,14,15,16,17,18). The first-order chi connectivity index (χ1) is 9.08. The van der Waals surface area contributed by atoms with Gasteiger partial charge in [0.25, 0.3) is 0 Å². The predicted molar refractivity (Wildman–Crippen MR) is 71.7 cm³/mol. The summed E-state index contributed by atoms with van der Waals surface area (Å²) in [5, 5.41) is 2.89. The number of aromatic nitrogens is 2. The summed E-state index contributed by atoms with van der Waals surface area (Å²) in [6.45, 7) is 2.20. The number of nitrogens with zero attached hydrogens (tertiary/aromatic N) is 2. The minimum Gasteiger partial charge on any atom is -0.491 e. The van der Waals surface area contributed by atoms with Crippen molar-refractivity contribution in [3.8, 4) is 5.75 Å². The molecule has 19 heavy (non-hydrogen) atoms. The van der Waals surface area contributed by atoms with Gasteiger partial charge in [-0.15, -0.1) is 0 Å². The van der Waals surface area contributed by atoms with E-state index in [-0.39, 0.29) is 17.5 Å². The van der Waals surface area contributed by atoms with Crippen LogP contribution in [-0.4, -0.2) is 16.6 Å². The van der Waals surface area contributed by atoms with Gasteiger partial charge in [-0.05, 0) is 19.1 Å². The molecule has 5 N–H and O–H groups in total. The molecular weight excluding hydrogens is 249 g/mol. The van der Waals surface area contributed by atoms with E-state index in [0.29, 0.717) is 18.1 Å². The zero-order valence-electron chi connectivity index (χ0n) is 10.4. The fraction of sp³-hybridized carbons (Fsp3) is 0.167. The van der Waals surface area contributed by atoms with E-state index in [1.54, 1.807) is 13.0 Å². The summed E-state index contributed by atoms with van der Waals surface area (Å²) in [4.78, 5) is 7.68. The number of anilines is 4. The first-order valence-corrected chi connectivity index (χ1v) is 5.68. The number of hydrogen-bond acceptors (Lipinski definition) is 6. The Hall–Kier alpha value is -2.57. The zero-order chi connectivity index (χ0) is 13.8. The summed E-state index contributed by atoms with van der Waals surface area (Å²) >= 11 is 0. The quantitative estimate of drug-likeness (QED) is 0.779. The Labute approximate surface area is 109 Å². The minimum absolute atomic E-state index is 0.0499. The third-order valence-corrected chi connectivity index (χ3v) is 2.27. The van der Waals surface area contributed by atoms with Crippen molar-refractivity contribution in [1.29, 1.82) is 0 Å². The molecule has 6 nitrogen and oxygen atoms in total. The van der Waals surface area contributed by atoms with E-state index in [9.17, 15) is 4.39 Å². The van der Waals surface area contributed by atoms with Crippen LogP contribution in [0.2, 0.25) is 0 Å². The minimum atomic E-state index is -0.457. The van der Waals surface area contributed by atoms with Gasteiger partial charge in [0.15, 0.2) is 11.6 Å². The average molecular weight is 263 g/mol. The second kappa shape index (κ2) is 5.38. The number of halogens is 1. The monoisotopic (exact) mass is 263 g/mol. The zero-order valence-corrected chi connectivity index (χ0v) is 10.4. The molecule has 1 aromatic carbocycles. The number of nitrogens with one attached hydrogen (secondary N) is 1. The molecule has 0 bridgehead atoms. The molecule has 0 radical (unpaired) electrons. The van der Waals surface area contributed by atoms with E-state index in [4.69, 9.17) is 16.2 Å². The molecule has 2 aromatic rings. The molecule has 100 valence electrons. The topological polar surface area (TPSA) is 99.1 Å². The van der Waals surface area contributed by atoms with Crippen molar-refractivity contribution < 1.29 is 9.13 Å². The highest BCUT2D eigenvalue weighted by Crippen LogP contribution is 2.23. The summed E-state index contributed by atoms with van der Waals surface area (Å²) in [7, 11) is 0. The highest BCUT2D eigenvalue weighted by molar-refractivity contribution is 5.60. The molecule has 0 atom stereocenters. The molecule has 1 aromatic heterocycles. The number of hydrogen-bond donors (Lipinski definition) is 3. The van der Waals surface area contributed by atoms with Gasteiger partial charge in [-0.3, -0.25) is 0 Å². The van der Waals surface area contributed by atoms with E-state index in [0.717, 1.165) is 0 Å². The van der Waals surface area contributed by atoms with Crippen molar-refractivity contribution >= 4 is 23.3 Å². The van der Waals surface area contributed by atoms with Gasteiger partial charge < -0.3 is 21.5 Å². The molecular formula is C12H14FN5O. The summed E-state index contributed by atoms with van der Waals surface area (Å²) in [5.74, 6) is 0.431. The average Bonchev–Trinajstić information content (AvgIpc) is 2.31. The molecule has 7 heteroatoms. The smallest absolute Gasteiger partial charge is 0.223 e. The number of rotatable bonds is 4. The fourth-order valence-corrected chi connectivity index (χ4v) is 1.55. The van der Waals surface area contributed by atoms with Crippen molar-refractivity contribution in [2.24, 2.45) is 0 Å². The Morgan fingerprint density at radius 3 is 2.68 bits per heavy atom. The molecule has 0 unspecified atom stereocenters. The maximum absolute atomic E-state index is 13.7. The van der Waals surface area contributed by atoms with Crippen molar-refractivity contribution in [1.82, 2.24) is 9.97 Å². The highest BCUT2D eigenvalue weighted by atomic mass is 19.1. The van der Waals surface area contributed by atoms with Gasteiger partial charge in [0.2, 0.25) is 5.95 Å². The van der Waals surface area contributed by atoms with Gasteiger partial charge in [-0.1, -0.05) is 0 Å². The van der Waals surface area contributed by atoms with Crippen LogP contribution in [-0.2, 0) is 0 Å². The van der Waals surface area contributed by atoms with Crippen LogP contribution in [0.15, 0.2) is 24.3 Å². The third kappa shape index (κ3) is 3.21. The van der Waals surface area contributed by atoms with Crippen LogP contribution in [0.25, 0.3) is 0 Å². The summed E-state index contributed by atoms with van der Waals surface area (Å²) in [6, 6.07) is 6.02. The third-order valence-electron chi connectivity index (χ3n) is 2.27. The predicted octanol–water partition coefficient (Wildman–Crippen LogP) is 1.92. The molecule has 0 amide bonds. The van der Waals surface area contributed by atoms with Crippen LogP contribution >= 0.6 is 0 Å². The Kier molecular flexibility index (Phi) is 3.65. The van der Waals surface area contributed by atoms with E-state index in [1.165, 1.54) is 18.2 Å². The largest absolute Gasteiger partial charge is 0.491 e. The first-order valence-electron chi connectivity index (χ1n) is 5.68. The van der Waals surface area contributed by atoms with Crippen LogP contribution in [0, 0.1) is 5.82 Å². The van der Waals surface area contributed by atoms with Gasteiger partial charge in [-0.25, -0.2) is 4.39 Å². The molecule has 0 aliphatic heterocycles. The molecule has 0 saturated carbocycles. The lowest BCUT2D eigenvalue weighted by Gasteiger charge is -2.09. The summed E-state index contributed by atoms with van der Waals surface area (Å²) in [5.41, 5.74) is 11.5. The Morgan fingerprint density at radius 1 is 1.26 bits per heavy atom. The summed E-state index contributed by atoms with van der Waals surface area (Å²) < 4.78 is 18.8. The van der Waals surface area contributed by atoms with E-state index < -0.39 is 5.82 Å². The Morgan fingerprint density at radius 2 is 2.05 bits per heavy atom. The van der Waals surface area contributed by atoms with Gasteiger partial charge in [-0.2, -0.15) is 9.97 Å². The maximum Gasteiger partial charge on any atom is 0.223 e. The normalized spacial score (nSPS) is 10.2. The lowest BCUT2D eigenvalue weighted by atomic mass is 10.3. The number of nitrogen functional groups attached to an aromatic ring is 2. The maximum atomic E-state index is 13.7. The van der Waals surface area contributed by atoms with Crippen molar-refractivity contribution in [2.45, 2.75) is 6.92 Å². The molecule has 0 aliphatic rings. The van der Waals surface area contributed by atoms with Crippen LogP contribution in [0.4, 0.5) is 27.7 Å². The molecule has 0 spiro atoms.